The summed E-state index contributed by atoms with van der Waals surface area (Å²) in [6.45, 7) is 14.9. The first kappa shape index (κ1) is 23.4. The monoisotopic (exact) mass is 471 g/mol. The first-order chi connectivity index (χ1) is 16.3. The van der Waals surface area contributed by atoms with E-state index in [1.165, 1.54) is 51.9 Å². The van der Waals surface area contributed by atoms with Gasteiger partial charge in [0.05, 0.1) is 12.9 Å². The lowest BCUT2D eigenvalue weighted by atomic mass is 10.1. The van der Waals surface area contributed by atoms with Crippen LogP contribution in [0.15, 0.2) is 71.5 Å². The molecule has 34 heavy (non-hydrogen) atoms. The Labute approximate surface area is 204 Å². The van der Waals surface area contributed by atoms with Crippen LogP contribution >= 0.6 is 7.21 Å². The molecule has 5 rings (SSSR count). The lowest BCUT2D eigenvalue weighted by Gasteiger charge is -2.47. The van der Waals surface area contributed by atoms with Crippen LogP contribution < -0.4 is 5.30 Å². The molecule has 4 heteroatoms. The minimum atomic E-state index is -2.08. The molecule has 3 nitrogen and oxygen atoms in total. The number of fused-ring (bicyclic) bond motifs is 3. The molecular formula is C30H38N3P. The summed E-state index contributed by atoms with van der Waals surface area (Å²) in [5.41, 5.74) is 5.04. The molecule has 1 unspecified atom stereocenters. The van der Waals surface area contributed by atoms with Gasteiger partial charge in [-0.05, 0) is 63.1 Å². The van der Waals surface area contributed by atoms with Crippen molar-refractivity contribution in [2.75, 3.05) is 13.1 Å². The minimum Gasteiger partial charge on any atom is -0.341 e. The average Bonchev–Trinajstić information content (AvgIpc) is 3.16. The molecule has 0 radical (unpaired) electrons. The van der Waals surface area contributed by atoms with Gasteiger partial charge in [-0.3, -0.25) is 4.67 Å². The first-order valence-electron chi connectivity index (χ1n) is 12.8. The molecule has 178 valence electrons. The van der Waals surface area contributed by atoms with Crippen molar-refractivity contribution in [2.45, 2.75) is 65.6 Å². The molecule has 0 N–H and O–H groups in total. The lowest BCUT2D eigenvalue weighted by Crippen LogP contribution is -2.39. The fraction of sp³-hybridized carbons (Fsp3) is 0.400. The number of aromatic nitrogens is 1. The zero-order valence-corrected chi connectivity index (χ0v) is 22.3. The molecule has 2 heterocycles. The molecule has 0 saturated carbocycles. The van der Waals surface area contributed by atoms with E-state index in [9.17, 15) is 0 Å². The van der Waals surface area contributed by atoms with Gasteiger partial charge >= 0.3 is 0 Å². The summed E-state index contributed by atoms with van der Waals surface area (Å²) in [4.78, 5) is 0. The molecule has 1 saturated heterocycles. The van der Waals surface area contributed by atoms with Gasteiger partial charge < -0.3 is 4.57 Å². The van der Waals surface area contributed by atoms with Gasteiger partial charge in [-0.1, -0.05) is 63.1 Å². The lowest BCUT2D eigenvalue weighted by molar-refractivity contribution is 0.361. The molecule has 1 aromatic heterocycles. The van der Waals surface area contributed by atoms with Gasteiger partial charge in [-0.15, -0.1) is 0 Å². The highest BCUT2D eigenvalue weighted by Gasteiger charge is 2.41. The van der Waals surface area contributed by atoms with Crippen molar-refractivity contribution >= 4 is 40.0 Å². The number of hydrogen-bond donors (Lipinski definition) is 0. The predicted molar refractivity (Wildman–Crippen MR) is 150 cm³/mol. The largest absolute Gasteiger partial charge is 0.341 e. The summed E-state index contributed by atoms with van der Waals surface area (Å²) in [5, 5.41) is 4.14. The Bertz CT molecular complexity index is 1370. The Morgan fingerprint density at radius 2 is 1.50 bits per heavy atom. The van der Waals surface area contributed by atoms with E-state index in [4.69, 9.17) is 4.74 Å². The van der Waals surface area contributed by atoms with Crippen LogP contribution in [0.5, 0.6) is 0 Å². The van der Waals surface area contributed by atoms with Gasteiger partial charge in [0, 0.05) is 51.9 Å². The SMILES string of the molecule is CCn1c2ccccc2c2cc(P(=Nc3ccc(C)cc3)(N3CCCCC3)C(C)(C)C)ccc21. The van der Waals surface area contributed by atoms with Gasteiger partial charge in [-0.2, -0.15) is 0 Å². The molecular weight excluding hydrogens is 433 g/mol. The van der Waals surface area contributed by atoms with Crippen molar-refractivity contribution in [3.8, 4) is 0 Å². The molecule has 0 aliphatic carbocycles. The van der Waals surface area contributed by atoms with Crippen LogP contribution in [0.2, 0.25) is 0 Å². The van der Waals surface area contributed by atoms with Crippen LogP contribution in [-0.4, -0.2) is 27.5 Å². The molecule has 1 atom stereocenters. The Morgan fingerprint density at radius 1 is 0.824 bits per heavy atom. The second-order valence-electron chi connectivity index (χ2n) is 10.7. The first-order valence-corrected chi connectivity index (χ1v) is 14.5. The van der Waals surface area contributed by atoms with Crippen LogP contribution in [0, 0.1) is 6.92 Å². The Morgan fingerprint density at radius 3 is 2.18 bits per heavy atom. The van der Waals surface area contributed by atoms with E-state index in [0.717, 1.165) is 25.3 Å². The third-order valence-corrected chi connectivity index (χ3v) is 12.0. The topological polar surface area (TPSA) is 20.5 Å². The van der Waals surface area contributed by atoms with E-state index in [2.05, 4.69) is 111 Å². The molecule has 0 amide bonds. The highest BCUT2D eigenvalue weighted by atomic mass is 31.2. The van der Waals surface area contributed by atoms with E-state index < -0.39 is 7.21 Å². The molecule has 1 fully saturated rings. The molecule has 0 spiro atoms. The molecule has 0 bridgehead atoms. The second-order valence-corrected chi connectivity index (χ2v) is 14.5. The van der Waals surface area contributed by atoms with Crippen molar-refractivity contribution < 1.29 is 0 Å². The van der Waals surface area contributed by atoms with E-state index in [1.807, 2.05) is 0 Å². The maximum Gasteiger partial charge on any atom is 0.0720 e. The Hall–Kier alpha value is -2.35. The quantitative estimate of drug-likeness (QED) is 0.273. The minimum absolute atomic E-state index is 0.0199. The molecule has 3 aromatic carbocycles. The van der Waals surface area contributed by atoms with Crippen LogP contribution in [0.3, 0.4) is 0 Å². The second kappa shape index (κ2) is 9.02. The van der Waals surface area contributed by atoms with E-state index in [-0.39, 0.29) is 5.16 Å². The number of nitrogens with zero attached hydrogens (tertiary/aromatic N) is 3. The highest BCUT2D eigenvalue weighted by molar-refractivity contribution is 7.73. The maximum absolute atomic E-state index is 5.74. The van der Waals surface area contributed by atoms with Gasteiger partial charge in [0.15, 0.2) is 0 Å². The van der Waals surface area contributed by atoms with Crippen molar-refractivity contribution in [3.05, 3.63) is 72.3 Å². The zero-order valence-electron chi connectivity index (χ0n) is 21.4. The van der Waals surface area contributed by atoms with Gasteiger partial charge in [0.1, 0.15) is 0 Å². The highest BCUT2D eigenvalue weighted by Crippen LogP contribution is 2.64. The van der Waals surface area contributed by atoms with Crippen LogP contribution in [0.4, 0.5) is 5.69 Å². The summed E-state index contributed by atoms with van der Waals surface area (Å²) in [6.07, 6.45) is 3.85. The zero-order chi connectivity index (χ0) is 23.9. The summed E-state index contributed by atoms with van der Waals surface area (Å²) in [5.74, 6) is 0. The van der Waals surface area contributed by atoms with Crippen molar-refractivity contribution in [1.29, 1.82) is 0 Å². The summed E-state index contributed by atoms with van der Waals surface area (Å²) in [6, 6.07) is 24.9. The number of rotatable bonds is 4. The third-order valence-electron chi connectivity index (χ3n) is 7.40. The predicted octanol–water partition coefficient (Wildman–Crippen LogP) is 8.48. The summed E-state index contributed by atoms with van der Waals surface area (Å²) < 4.78 is 11.0. The van der Waals surface area contributed by atoms with Gasteiger partial charge in [0.25, 0.3) is 0 Å². The Kier molecular flexibility index (Phi) is 6.21. The van der Waals surface area contributed by atoms with Crippen molar-refractivity contribution in [3.63, 3.8) is 0 Å². The van der Waals surface area contributed by atoms with Crippen LogP contribution in [0.1, 0.15) is 52.5 Å². The number of benzene rings is 3. The fourth-order valence-electron chi connectivity index (χ4n) is 5.77. The standard InChI is InChI=1S/C30H38N3P/c1-6-33-28-13-9-8-12-26(28)27-22-25(18-19-29(27)33)34(30(3,4)5,32-20-10-7-11-21-32)31-24-16-14-23(2)15-17-24/h8-9,12-19,22H,6-7,10-11,20-21H2,1-5H3. The summed E-state index contributed by atoms with van der Waals surface area (Å²) in [7, 11) is -2.08. The molecule has 1 aliphatic rings. The van der Waals surface area contributed by atoms with Gasteiger partial charge in [0.2, 0.25) is 0 Å². The number of para-hydroxylation sites is 1. The molecule has 4 aromatic rings. The van der Waals surface area contributed by atoms with Crippen LogP contribution in [0.25, 0.3) is 21.8 Å². The van der Waals surface area contributed by atoms with Gasteiger partial charge in [-0.25, -0.2) is 4.74 Å². The number of hydrogen-bond acceptors (Lipinski definition) is 1. The number of piperidine rings is 1. The maximum atomic E-state index is 5.74. The summed E-state index contributed by atoms with van der Waals surface area (Å²) >= 11 is 0. The van der Waals surface area contributed by atoms with Crippen molar-refractivity contribution in [2.24, 2.45) is 4.74 Å². The number of aryl methyl sites for hydroxylation is 2. The molecule has 1 aliphatic heterocycles. The van der Waals surface area contributed by atoms with E-state index in [0.29, 0.717) is 0 Å². The third kappa shape index (κ3) is 3.84. The Balaban J connectivity index is 1.84. The fourth-order valence-corrected chi connectivity index (χ4v) is 10.2. The average molecular weight is 472 g/mol. The van der Waals surface area contributed by atoms with E-state index >= 15 is 0 Å². The smallest absolute Gasteiger partial charge is 0.0720 e. The normalized spacial score (nSPS) is 17.2. The van der Waals surface area contributed by atoms with Crippen molar-refractivity contribution in [1.82, 2.24) is 9.24 Å². The van der Waals surface area contributed by atoms with Crippen LogP contribution in [-0.2, 0) is 6.54 Å². The van der Waals surface area contributed by atoms with E-state index in [1.54, 1.807) is 0 Å².